The Morgan fingerprint density at radius 1 is 0.754 bits per heavy atom. The van der Waals surface area contributed by atoms with E-state index in [4.69, 9.17) is 0 Å². The predicted molar refractivity (Wildman–Crippen MR) is 256 cm³/mol. The number of aryl methyl sites for hydroxylation is 1. The summed E-state index contributed by atoms with van der Waals surface area (Å²) in [6.07, 6.45) is 20.0. The molecule has 0 bridgehead atoms. The molecule has 0 saturated carbocycles. The molecule has 0 saturated heterocycles. The molecule has 0 aliphatic carbocycles. The van der Waals surface area contributed by atoms with Crippen LogP contribution in [0.15, 0.2) is 77.5 Å². The van der Waals surface area contributed by atoms with Crippen LogP contribution in [0.25, 0.3) is 28.5 Å². The fourth-order valence-corrected chi connectivity index (χ4v) is 8.64. The summed E-state index contributed by atoms with van der Waals surface area (Å²) in [7, 11) is 0. The number of benzene rings is 3. The Hall–Kier alpha value is -3.58. The molecule has 1 aliphatic heterocycles. The lowest BCUT2D eigenvalue weighted by atomic mass is 9.79. The summed E-state index contributed by atoms with van der Waals surface area (Å²) in [5.74, 6) is 2.15. The first-order valence-electron chi connectivity index (χ1n) is 23.0. The maximum atomic E-state index is 3.81. The first kappa shape index (κ1) is 46.1. The lowest BCUT2D eigenvalue weighted by Crippen LogP contribution is -2.21. The minimum absolute atomic E-state index is 0.137. The smallest absolute Gasteiger partial charge is 0.0481 e. The topological polar surface area (TPSA) is 12.0 Å². The highest BCUT2D eigenvalue weighted by Gasteiger charge is 2.24. The van der Waals surface area contributed by atoms with Crippen molar-refractivity contribution in [3.63, 3.8) is 0 Å². The van der Waals surface area contributed by atoms with Gasteiger partial charge in [-0.3, -0.25) is 0 Å². The minimum Gasteiger partial charge on any atom is -0.355 e. The summed E-state index contributed by atoms with van der Waals surface area (Å²) in [5.41, 5.74) is 20.9. The summed E-state index contributed by atoms with van der Waals surface area (Å²) >= 11 is 0. The standard InChI is InChI=1S/C56H81N/c1-16-19-20-21-22-23-25-39(7)43(11)54-35-45(26-28-51(54)48-29-27-46(32-41(48)9)56(13,14)15)34-47-36-55(57-47)52-31-30-50(44(12)49(52)24-17-2)53(38(6)18-3)33-40(8)42(10)37(4)5/h26-39,43,57H,16-25H2,1-15H3/b42-40+,47-34+,53-33+. The molecule has 0 spiro atoms. The van der Waals surface area contributed by atoms with Crippen LogP contribution in [0, 0.1) is 31.6 Å². The Labute approximate surface area is 351 Å². The number of hydrogen-bond donors (Lipinski definition) is 1. The number of allylic oxidation sites excluding steroid dienone is 5. The van der Waals surface area contributed by atoms with Crippen LogP contribution in [0.4, 0.5) is 0 Å². The third kappa shape index (κ3) is 11.8. The van der Waals surface area contributed by atoms with Crippen molar-refractivity contribution in [2.45, 2.75) is 179 Å². The quantitative estimate of drug-likeness (QED) is 0.0946. The molecular formula is C56H81N. The number of unbranched alkanes of at least 4 members (excludes halogenated alkanes) is 5. The molecule has 0 amide bonds. The van der Waals surface area contributed by atoms with E-state index < -0.39 is 0 Å². The molecule has 0 fully saturated rings. The lowest BCUT2D eigenvalue weighted by molar-refractivity contribution is 0.426. The summed E-state index contributed by atoms with van der Waals surface area (Å²) in [6.45, 7) is 35.1. The Morgan fingerprint density at radius 2 is 1.40 bits per heavy atom. The van der Waals surface area contributed by atoms with Crippen molar-refractivity contribution < 1.29 is 0 Å². The van der Waals surface area contributed by atoms with Gasteiger partial charge in [0.05, 0.1) is 0 Å². The van der Waals surface area contributed by atoms with Gasteiger partial charge in [0.1, 0.15) is 0 Å². The van der Waals surface area contributed by atoms with Crippen molar-refractivity contribution in [1.82, 2.24) is 5.32 Å². The van der Waals surface area contributed by atoms with Gasteiger partial charge in [-0.05, 0) is 137 Å². The number of nitrogens with one attached hydrogen (secondary N) is 1. The van der Waals surface area contributed by atoms with Crippen molar-refractivity contribution in [2.24, 2.45) is 17.8 Å². The zero-order valence-corrected chi connectivity index (χ0v) is 39.2. The summed E-state index contributed by atoms with van der Waals surface area (Å²) in [6, 6.07) is 19.2. The van der Waals surface area contributed by atoms with Crippen LogP contribution < -0.4 is 5.32 Å². The highest BCUT2D eigenvalue weighted by atomic mass is 14.9. The molecule has 1 heteroatoms. The third-order valence-electron chi connectivity index (χ3n) is 13.4. The van der Waals surface area contributed by atoms with Crippen LogP contribution in [0.3, 0.4) is 0 Å². The van der Waals surface area contributed by atoms with Crippen LogP contribution in [0.2, 0.25) is 0 Å². The van der Waals surface area contributed by atoms with Gasteiger partial charge in [0.15, 0.2) is 0 Å². The van der Waals surface area contributed by atoms with Gasteiger partial charge >= 0.3 is 0 Å². The van der Waals surface area contributed by atoms with Gasteiger partial charge in [0, 0.05) is 17.0 Å². The molecule has 1 nitrogen and oxygen atoms in total. The molecule has 0 aromatic heterocycles. The minimum atomic E-state index is 0.137. The largest absolute Gasteiger partial charge is 0.355 e. The molecule has 1 heterocycles. The van der Waals surface area contributed by atoms with Crippen molar-refractivity contribution in [2.75, 3.05) is 0 Å². The van der Waals surface area contributed by atoms with E-state index in [0.29, 0.717) is 23.7 Å². The van der Waals surface area contributed by atoms with Gasteiger partial charge in [-0.25, -0.2) is 0 Å². The molecule has 1 aliphatic rings. The van der Waals surface area contributed by atoms with Crippen LogP contribution >= 0.6 is 0 Å². The van der Waals surface area contributed by atoms with Crippen molar-refractivity contribution in [3.8, 4) is 11.1 Å². The zero-order valence-electron chi connectivity index (χ0n) is 39.2. The van der Waals surface area contributed by atoms with Crippen LogP contribution in [0.1, 0.15) is 198 Å². The maximum absolute atomic E-state index is 3.81. The fraction of sp³-hybridized carbons (Fsp3) is 0.536. The van der Waals surface area contributed by atoms with Crippen LogP contribution in [-0.2, 0) is 11.8 Å². The molecule has 310 valence electrons. The van der Waals surface area contributed by atoms with Gasteiger partial charge < -0.3 is 5.32 Å². The highest BCUT2D eigenvalue weighted by molar-refractivity contribution is 5.84. The number of rotatable bonds is 19. The average Bonchev–Trinajstić information content (AvgIpc) is 3.16. The highest BCUT2D eigenvalue weighted by Crippen LogP contribution is 2.40. The second-order valence-electron chi connectivity index (χ2n) is 19.2. The number of hydrogen-bond acceptors (Lipinski definition) is 1. The van der Waals surface area contributed by atoms with Gasteiger partial charge in [-0.15, -0.1) is 0 Å². The van der Waals surface area contributed by atoms with Gasteiger partial charge in [0.2, 0.25) is 0 Å². The van der Waals surface area contributed by atoms with E-state index in [1.807, 2.05) is 0 Å². The summed E-state index contributed by atoms with van der Waals surface area (Å²) < 4.78 is 0. The van der Waals surface area contributed by atoms with E-state index in [0.717, 1.165) is 19.3 Å². The van der Waals surface area contributed by atoms with Crippen molar-refractivity contribution in [1.29, 1.82) is 0 Å². The Balaban J connectivity index is 1.70. The lowest BCUT2D eigenvalue weighted by Gasteiger charge is -2.28. The predicted octanol–water partition coefficient (Wildman–Crippen LogP) is 17.1. The average molecular weight is 768 g/mol. The van der Waals surface area contributed by atoms with Crippen LogP contribution in [0.5, 0.6) is 0 Å². The van der Waals surface area contributed by atoms with E-state index in [1.54, 1.807) is 0 Å². The molecule has 3 atom stereocenters. The SMILES string of the molecule is CCCCCCCCC(C)C(C)c1cc(/C=C2\C=C(c3ccc(/C(=C/C(C)=C(\C)C(C)C)C(C)CC)c(C)c3CCC)N2)ccc1-c1ccc(C(C)(C)C)cc1C. The Morgan fingerprint density at radius 3 is 2.02 bits per heavy atom. The van der Waals surface area contributed by atoms with Crippen LogP contribution in [-0.4, -0.2) is 0 Å². The second-order valence-corrected chi connectivity index (χ2v) is 19.2. The molecule has 0 radical (unpaired) electrons. The summed E-state index contributed by atoms with van der Waals surface area (Å²) in [5, 5.41) is 3.81. The Kier molecular flexibility index (Phi) is 16.9. The summed E-state index contributed by atoms with van der Waals surface area (Å²) in [4.78, 5) is 0. The van der Waals surface area contributed by atoms with E-state index in [1.165, 1.54) is 129 Å². The Bertz CT molecular complexity index is 1930. The van der Waals surface area contributed by atoms with E-state index in [-0.39, 0.29) is 5.41 Å². The molecule has 3 aromatic rings. The zero-order chi connectivity index (χ0) is 42.0. The van der Waals surface area contributed by atoms with E-state index in [9.17, 15) is 0 Å². The third-order valence-corrected chi connectivity index (χ3v) is 13.4. The fourth-order valence-electron chi connectivity index (χ4n) is 8.64. The molecule has 4 rings (SSSR count). The van der Waals surface area contributed by atoms with Gasteiger partial charge in [-0.2, -0.15) is 0 Å². The van der Waals surface area contributed by atoms with E-state index >= 15 is 0 Å². The monoisotopic (exact) mass is 768 g/mol. The molecule has 1 N–H and O–H groups in total. The molecule has 3 unspecified atom stereocenters. The van der Waals surface area contributed by atoms with Gasteiger partial charge in [0.25, 0.3) is 0 Å². The maximum Gasteiger partial charge on any atom is 0.0481 e. The molecule has 3 aromatic carbocycles. The van der Waals surface area contributed by atoms with Gasteiger partial charge in [-0.1, -0.05) is 193 Å². The van der Waals surface area contributed by atoms with Crippen molar-refractivity contribution >= 4 is 17.3 Å². The second kappa shape index (κ2) is 20.9. The first-order valence-corrected chi connectivity index (χ1v) is 23.0. The normalized spacial score (nSPS) is 16.2. The molecular weight excluding hydrogens is 687 g/mol. The first-order chi connectivity index (χ1) is 27.0. The van der Waals surface area contributed by atoms with E-state index in [2.05, 4.69) is 176 Å². The molecule has 57 heavy (non-hydrogen) atoms. The van der Waals surface area contributed by atoms with Crippen molar-refractivity contribution in [3.05, 3.63) is 122 Å².